The van der Waals surface area contributed by atoms with Gasteiger partial charge >= 0.3 is 0 Å². The van der Waals surface area contributed by atoms with Crippen molar-refractivity contribution in [2.75, 3.05) is 19.4 Å². The lowest BCUT2D eigenvalue weighted by atomic mass is 10.1. The Balaban J connectivity index is 1.54. The summed E-state index contributed by atoms with van der Waals surface area (Å²) in [5.74, 6) is 1.85. The molecule has 0 saturated heterocycles. The predicted octanol–water partition coefficient (Wildman–Crippen LogP) is 4.08. The minimum atomic E-state index is -0.0383. The number of rotatable bonds is 9. The van der Waals surface area contributed by atoms with Crippen molar-refractivity contribution in [3.8, 4) is 17.1 Å². The minimum absolute atomic E-state index is 0.0383. The van der Waals surface area contributed by atoms with Gasteiger partial charge in [-0.3, -0.25) is 4.79 Å². The first-order chi connectivity index (χ1) is 14.1. The summed E-state index contributed by atoms with van der Waals surface area (Å²) in [5, 5.41) is 12.9. The molecule has 0 radical (unpaired) electrons. The number of carbonyl (C=O) groups is 1. The molecular weight excluding hydrogens is 408 g/mol. The van der Waals surface area contributed by atoms with E-state index in [9.17, 15) is 4.79 Å². The molecule has 0 aliphatic carbocycles. The summed E-state index contributed by atoms with van der Waals surface area (Å²) in [6.45, 7) is 3.29. The zero-order valence-corrected chi connectivity index (χ0v) is 18.0. The summed E-state index contributed by atoms with van der Waals surface area (Å²) in [7, 11) is 1.65. The lowest BCUT2D eigenvalue weighted by Gasteiger charge is -2.09. The topological polar surface area (TPSA) is 69.0 Å². The van der Waals surface area contributed by atoms with Gasteiger partial charge in [-0.2, -0.15) is 0 Å². The van der Waals surface area contributed by atoms with E-state index in [0.29, 0.717) is 24.5 Å². The van der Waals surface area contributed by atoms with Crippen LogP contribution in [0.15, 0.2) is 53.7 Å². The number of aromatic nitrogens is 3. The molecule has 8 heteroatoms. The molecular formula is C21H23ClN4O2S. The number of ether oxygens (including phenoxy) is 1. The maximum atomic E-state index is 12.2. The van der Waals surface area contributed by atoms with Crippen molar-refractivity contribution in [2.45, 2.75) is 25.0 Å². The molecule has 6 nitrogen and oxygen atoms in total. The Morgan fingerprint density at radius 3 is 2.66 bits per heavy atom. The molecule has 0 aliphatic rings. The van der Waals surface area contributed by atoms with E-state index in [1.54, 1.807) is 7.11 Å². The molecule has 0 bridgehead atoms. The lowest BCUT2D eigenvalue weighted by Crippen LogP contribution is -2.27. The van der Waals surface area contributed by atoms with Gasteiger partial charge in [0.15, 0.2) is 11.0 Å². The van der Waals surface area contributed by atoms with E-state index >= 15 is 0 Å². The fourth-order valence-corrected chi connectivity index (χ4v) is 3.88. The molecule has 0 spiro atoms. The molecule has 0 saturated carbocycles. The summed E-state index contributed by atoms with van der Waals surface area (Å²) in [4.78, 5) is 12.2. The third-order valence-corrected chi connectivity index (χ3v) is 5.60. The molecule has 0 aliphatic heterocycles. The van der Waals surface area contributed by atoms with Gasteiger partial charge in [0, 0.05) is 23.7 Å². The van der Waals surface area contributed by atoms with Gasteiger partial charge in [-0.25, -0.2) is 0 Å². The zero-order valence-electron chi connectivity index (χ0n) is 16.4. The van der Waals surface area contributed by atoms with Gasteiger partial charge in [-0.1, -0.05) is 41.6 Å². The van der Waals surface area contributed by atoms with Crippen molar-refractivity contribution in [1.29, 1.82) is 0 Å². The number of para-hydroxylation sites is 1. The second kappa shape index (κ2) is 10.3. The number of benzene rings is 2. The molecule has 0 atom stereocenters. The van der Waals surface area contributed by atoms with Crippen LogP contribution >= 0.6 is 23.4 Å². The van der Waals surface area contributed by atoms with Crippen LogP contribution in [-0.4, -0.2) is 40.1 Å². The molecule has 1 heterocycles. The van der Waals surface area contributed by atoms with Crippen LogP contribution in [-0.2, 0) is 17.8 Å². The number of thioether (sulfide) groups is 1. The molecule has 29 heavy (non-hydrogen) atoms. The number of nitrogens with zero attached hydrogens (tertiary/aromatic N) is 3. The highest BCUT2D eigenvalue weighted by molar-refractivity contribution is 7.99. The van der Waals surface area contributed by atoms with E-state index in [4.69, 9.17) is 16.3 Å². The lowest BCUT2D eigenvalue weighted by molar-refractivity contribution is -0.118. The fourth-order valence-electron chi connectivity index (χ4n) is 2.92. The van der Waals surface area contributed by atoms with Crippen molar-refractivity contribution in [2.24, 2.45) is 0 Å². The van der Waals surface area contributed by atoms with Crippen LogP contribution in [0.1, 0.15) is 12.5 Å². The Kier molecular flexibility index (Phi) is 7.55. The van der Waals surface area contributed by atoms with Gasteiger partial charge in [0.2, 0.25) is 5.91 Å². The highest BCUT2D eigenvalue weighted by Crippen LogP contribution is 2.25. The monoisotopic (exact) mass is 430 g/mol. The quantitative estimate of drug-likeness (QED) is 0.518. The maximum absolute atomic E-state index is 12.2. The van der Waals surface area contributed by atoms with Gasteiger partial charge in [-0.05, 0) is 49.2 Å². The van der Waals surface area contributed by atoms with Crippen LogP contribution in [0.2, 0.25) is 5.02 Å². The summed E-state index contributed by atoms with van der Waals surface area (Å²) < 4.78 is 7.33. The summed E-state index contributed by atoms with van der Waals surface area (Å²) in [6, 6.07) is 15.3. The number of halogens is 1. The molecule has 3 aromatic rings. The standard InChI is InChI=1S/C21H23ClN4O2S/c1-3-26-20(16-8-10-17(22)11-9-16)24-25-21(26)29-14-19(27)23-13-12-15-6-4-5-7-18(15)28-2/h4-11H,3,12-14H2,1-2H3,(H,23,27). The average Bonchev–Trinajstić information content (AvgIpc) is 3.16. The Morgan fingerprint density at radius 1 is 1.17 bits per heavy atom. The zero-order chi connectivity index (χ0) is 20.6. The second-order valence-corrected chi connectivity index (χ2v) is 7.64. The molecule has 1 N–H and O–H groups in total. The highest BCUT2D eigenvalue weighted by Gasteiger charge is 2.14. The van der Waals surface area contributed by atoms with E-state index in [1.165, 1.54) is 11.8 Å². The van der Waals surface area contributed by atoms with Gasteiger partial charge < -0.3 is 14.6 Å². The van der Waals surface area contributed by atoms with Crippen molar-refractivity contribution in [3.05, 3.63) is 59.1 Å². The molecule has 1 amide bonds. The average molecular weight is 431 g/mol. The Labute approximate surface area is 179 Å². The smallest absolute Gasteiger partial charge is 0.230 e. The first-order valence-electron chi connectivity index (χ1n) is 9.33. The number of carbonyl (C=O) groups excluding carboxylic acids is 1. The van der Waals surface area contributed by atoms with E-state index < -0.39 is 0 Å². The summed E-state index contributed by atoms with van der Waals surface area (Å²) >= 11 is 7.34. The Morgan fingerprint density at radius 2 is 1.93 bits per heavy atom. The molecule has 0 unspecified atom stereocenters. The number of hydrogen-bond donors (Lipinski definition) is 1. The van der Waals surface area contributed by atoms with Crippen LogP contribution in [0.3, 0.4) is 0 Å². The number of hydrogen-bond acceptors (Lipinski definition) is 5. The van der Waals surface area contributed by atoms with E-state index in [1.807, 2.05) is 60.0 Å². The van der Waals surface area contributed by atoms with Gasteiger partial charge in [0.05, 0.1) is 12.9 Å². The van der Waals surface area contributed by atoms with E-state index in [2.05, 4.69) is 15.5 Å². The van der Waals surface area contributed by atoms with E-state index in [0.717, 1.165) is 27.9 Å². The van der Waals surface area contributed by atoms with Gasteiger partial charge in [-0.15, -0.1) is 10.2 Å². The SMILES string of the molecule is CCn1c(SCC(=O)NCCc2ccccc2OC)nnc1-c1ccc(Cl)cc1. The first kappa shape index (κ1) is 21.2. The van der Waals surface area contributed by atoms with Gasteiger partial charge in [0.25, 0.3) is 0 Å². The highest BCUT2D eigenvalue weighted by atomic mass is 35.5. The predicted molar refractivity (Wildman–Crippen MR) is 117 cm³/mol. The molecule has 152 valence electrons. The van der Waals surface area contributed by atoms with Crippen LogP contribution in [0.25, 0.3) is 11.4 Å². The molecule has 1 aromatic heterocycles. The fraction of sp³-hybridized carbons (Fsp3) is 0.286. The van der Waals surface area contributed by atoms with Crippen LogP contribution < -0.4 is 10.1 Å². The molecule has 0 fully saturated rings. The number of amides is 1. The third kappa shape index (κ3) is 5.52. The second-order valence-electron chi connectivity index (χ2n) is 6.26. The van der Waals surface area contributed by atoms with Crippen molar-refractivity contribution in [3.63, 3.8) is 0 Å². The van der Waals surface area contributed by atoms with Crippen LogP contribution in [0.5, 0.6) is 5.75 Å². The minimum Gasteiger partial charge on any atom is -0.496 e. The molecule has 2 aromatic carbocycles. The normalized spacial score (nSPS) is 10.7. The Bertz CT molecular complexity index is 960. The van der Waals surface area contributed by atoms with Crippen LogP contribution in [0, 0.1) is 0 Å². The third-order valence-electron chi connectivity index (χ3n) is 4.38. The Hall–Kier alpha value is -2.51. The largest absolute Gasteiger partial charge is 0.496 e. The van der Waals surface area contributed by atoms with Crippen molar-refractivity contribution >= 4 is 29.3 Å². The van der Waals surface area contributed by atoms with Crippen molar-refractivity contribution < 1.29 is 9.53 Å². The number of nitrogens with one attached hydrogen (secondary N) is 1. The first-order valence-corrected chi connectivity index (χ1v) is 10.7. The molecule has 3 rings (SSSR count). The van der Waals surface area contributed by atoms with Crippen LogP contribution in [0.4, 0.5) is 0 Å². The van der Waals surface area contributed by atoms with Gasteiger partial charge in [0.1, 0.15) is 5.75 Å². The maximum Gasteiger partial charge on any atom is 0.230 e. The number of methoxy groups -OCH3 is 1. The summed E-state index contributed by atoms with van der Waals surface area (Å²) in [6.07, 6.45) is 0.715. The van der Waals surface area contributed by atoms with Crippen molar-refractivity contribution in [1.82, 2.24) is 20.1 Å². The van der Waals surface area contributed by atoms with E-state index in [-0.39, 0.29) is 11.7 Å². The summed E-state index contributed by atoms with van der Waals surface area (Å²) in [5.41, 5.74) is 2.01.